The first-order valence-electron chi connectivity index (χ1n) is 9.77. The van der Waals surface area contributed by atoms with Gasteiger partial charge in [0.15, 0.2) is 0 Å². The summed E-state index contributed by atoms with van der Waals surface area (Å²) in [4.78, 5) is 31.6. The van der Waals surface area contributed by atoms with Gasteiger partial charge in [-0.25, -0.2) is 0 Å². The fraction of sp³-hybridized carbons (Fsp3) is 0.476. The molecule has 1 aliphatic heterocycles. The molecule has 150 valence electrons. The maximum absolute atomic E-state index is 12.9. The van der Waals surface area contributed by atoms with Crippen LogP contribution in [0, 0.1) is 0 Å². The molecule has 7 heteroatoms. The quantitative estimate of drug-likeness (QED) is 0.661. The van der Waals surface area contributed by atoms with Crippen molar-refractivity contribution in [3.63, 3.8) is 0 Å². The molecular weight excluding hydrogens is 415 g/mol. The number of carbonyl (C=O) groups excluding carboxylic acids is 2. The average molecular weight is 444 g/mol. The minimum absolute atomic E-state index is 0.0354. The van der Waals surface area contributed by atoms with Crippen LogP contribution in [0.2, 0.25) is 0 Å². The number of hydrogen-bond acceptors (Lipinski definition) is 3. The number of imidazole rings is 1. The van der Waals surface area contributed by atoms with E-state index >= 15 is 0 Å². The van der Waals surface area contributed by atoms with Crippen molar-refractivity contribution in [3.05, 3.63) is 35.9 Å². The molecule has 0 bridgehead atoms. The van der Waals surface area contributed by atoms with Crippen LogP contribution in [0.15, 0.2) is 24.5 Å². The van der Waals surface area contributed by atoms with E-state index in [-0.39, 0.29) is 11.8 Å². The predicted molar refractivity (Wildman–Crippen MR) is 115 cm³/mol. The molecule has 0 radical (unpaired) electrons. The number of nitrogens with one attached hydrogen (secondary N) is 1. The van der Waals surface area contributed by atoms with E-state index in [4.69, 9.17) is 0 Å². The Hall–Kier alpha value is -2.07. The number of fused-ring (bicyclic) bond motifs is 1. The van der Waals surface area contributed by atoms with E-state index < -0.39 is 5.41 Å². The van der Waals surface area contributed by atoms with Gasteiger partial charge < -0.3 is 0 Å². The van der Waals surface area contributed by atoms with Crippen LogP contribution in [-0.4, -0.2) is 44.8 Å². The second-order valence-electron chi connectivity index (χ2n) is 7.89. The second-order valence-corrected chi connectivity index (χ2v) is 9.20. The van der Waals surface area contributed by atoms with Gasteiger partial charge >= 0.3 is 175 Å². The number of benzene rings is 1. The van der Waals surface area contributed by atoms with Gasteiger partial charge in [0.25, 0.3) is 0 Å². The third-order valence-electron chi connectivity index (χ3n) is 5.42. The summed E-state index contributed by atoms with van der Waals surface area (Å²) >= 11 is 1.44. The van der Waals surface area contributed by atoms with Gasteiger partial charge in [-0.15, -0.1) is 0 Å². The molecule has 28 heavy (non-hydrogen) atoms. The summed E-state index contributed by atoms with van der Waals surface area (Å²) < 4.78 is 2.96. The fourth-order valence-electron chi connectivity index (χ4n) is 3.61. The Morgan fingerprint density at radius 3 is 2.71 bits per heavy atom. The Labute approximate surface area is 175 Å². The molecule has 2 amide bonds. The average Bonchev–Trinajstić information content (AvgIpc) is 3.13. The van der Waals surface area contributed by atoms with Gasteiger partial charge in [0.1, 0.15) is 0 Å². The van der Waals surface area contributed by atoms with Crippen LogP contribution in [0.25, 0.3) is 0 Å². The summed E-state index contributed by atoms with van der Waals surface area (Å²) in [7, 11) is 1.93. The third kappa shape index (κ3) is 3.88. The molecule has 1 aromatic heterocycles. The van der Waals surface area contributed by atoms with Gasteiger partial charge in [-0.1, -0.05) is 0 Å². The summed E-state index contributed by atoms with van der Waals surface area (Å²) in [6.07, 6.45) is 6.62. The number of aromatic nitrogens is 2. The van der Waals surface area contributed by atoms with Gasteiger partial charge in [-0.3, -0.25) is 0 Å². The Balaban J connectivity index is 1.79. The van der Waals surface area contributed by atoms with Crippen LogP contribution in [0.1, 0.15) is 51.4 Å². The van der Waals surface area contributed by atoms with Gasteiger partial charge in [-0.05, 0) is 0 Å². The van der Waals surface area contributed by atoms with Crippen molar-refractivity contribution in [1.82, 2.24) is 9.55 Å². The molecule has 2 aromatic rings. The van der Waals surface area contributed by atoms with E-state index in [9.17, 15) is 9.59 Å². The summed E-state index contributed by atoms with van der Waals surface area (Å²) in [6, 6.07) is 4.06. The second kappa shape index (κ2) is 8.12. The Bertz CT molecular complexity index is 904. The zero-order valence-electron chi connectivity index (χ0n) is 17.1. The molecule has 1 atom stereocenters. The van der Waals surface area contributed by atoms with E-state index in [1.165, 1.54) is 16.9 Å². The fourth-order valence-corrected chi connectivity index (χ4v) is 4.27. The zero-order chi connectivity index (χ0) is 20.5. The van der Waals surface area contributed by atoms with E-state index in [1.807, 2.05) is 42.6 Å². The van der Waals surface area contributed by atoms with Crippen LogP contribution in [0.5, 0.6) is 0 Å². The maximum atomic E-state index is 12.9. The molecule has 0 saturated heterocycles. The molecular formula is C21H29AsN4O2. The number of hydrogen-bond donors (Lipinski definition) is 1. The third-order valence-corrected chi connectivity index (χ3v) is 6.42. The van der Waals surface area contributed by atoms with Crippen molar-refractivity contribution in [2.75, 3.05) is 16.8 Å². The Morgan fingerprint density at radius 2 is 2.07 bits per heavy atom. The number of rotatable bonds is 7. The van der Waals surface area contributed by atoms with Crippen LogP contribution in [0.4, 0.5) is 11.4 Å². The van der Waals surface area contributed by atoms with E-state index in [0.717, 1.165) is 46.5 Å². The molecule has 2 heterocycles. The summed E-state index contributed by atoms with van der Waals surface area (Å²) in [5.74, 6) is 0.997. The summed E-state index contributed by atoms with van der Waals surface area (Å²) in [5.41, 5.74) is 2.22. The summed E-state index contributed by atoms with van der Waals surface area (Å²) in [6.45, 7) is 6.80. The number of anilines is 2. The van der Waals surface area contributed by atoms with Crippen molar-refractivity contribution < 1.29 is 9.59 Å². The van der Waals surface area contributed by atoms with Gasteiger partial charge in [0.05, 0.1) is 0 Å². The van der Waals surface area contributed by atoms with Gasteiger partial charge in [0.2, 0.25) is 0 Å². The number of amides is 2. The molecule has 6 nitrogen and oxygen atoms in total. The standard InChI is InChI=1S/C21H29AsN4O2/c1-5-6-10-26-17-13-15(22)16(12-14(17)21(2,3)20(26)28)24-19(27)8-7-18-23-9-11-25(18)4/h9,11-13H,5-8,10,22H2,1-4H3,(H,24,27). The van der Waals surface area contributed by atoms with Crippen molar-refractivity contribution in [1.29, 1.82) is 0 Å². The molecule has 1 aromatic carbocycles. The molecule has 0 fully saturated rings. The van der Waals surface area contributed by atoms with Crippen molar-refractivity contribution in [2.24, 2.45) is 7.05 Å². The van der Waals surface area contributed by atoms with Crippen molar-refractivity contribution in [3.8, 4) is 0 Å². The van der Waals surface area contributed by atoms with E-state index in [2.05, 4.69) is 23.3 Å². The monoisotopic (exact) mass is 444 g/mol. The number of aryl methyl sites for hydroxylation is 2. The molecule has 1 unspecified atom stereocenters. The SMILES string of the molecule is CCCCN1C(=O)C(C)(C)c2cc(NC(=O)CCc3nccn3C)c([AsH2])cc21. The predicted octanol–water partition coefficient (Wildman–Crippen LogP) is 1.67. The Kier molecular flexibility index (Phi) is 5.99. The first-order valence-corrected chi connectivity index (χ1v) is 11.0. The number of nitrogens with zero attached hydrogens (tertiary/aromatic N) is 3. The first-order chi connectivity index (χ1) is 13.3. The number of carbonyl (C=O) groups is 2. The van der Waals surface area contributed by atoms with Crippen molar-refractivity contribution in [2.45, 2.75) is 51.9 Å². The Morgan fingerprint density at radius 1 is 1.32 bits per heavy atom. The normalized spacial score (nSPS) is 15.0. The van der Waals surface area contributed by atoms with E-state index in [1.54, 1.807) is 6.20 Å². The van der Waals surface area contributed by atoms with Crippen LogP contribution in [-0.2, 0) is 28.5 Å². The molecule has 1 N–H and O–H groups in total. The minimum atomic E-state index is -0.573. The van der Waals surface area contributed by atoms with Crippen LogP contribution in [0.3, 0.4) is 0 Å². The van der Waals surface area contributed by atoms with Gasteiger partial charge in [0, 0.05) is 0 Å². The summed E-state index contributed by atoms with van der Waals surface area (Å²) in [5, 5.41) is 3.04. The topological polar surface area (TPSA) is 67.2 Å². The number of unbranched alkanes of at least 4 members (excludes halogenated alkanes) is 1. The van der Waals surface area contributed by atoms with Crippen LogP contribution < -0.4 is 14.6 Å². The van der Waals surface area contributed by atoms with E-state index in [0.29, 0.717) is 12.8 Å². The zero-order valence-corrected chi connectivity index (χ0v) is 19.5. The molecule has 0 aliphatic carbocycles. The van der Waals surface area contributed by atoms with Crippen LogP contribution >= 0.6 is 0 Å². The molecule has 1 aliphatic rings. The molecule has 0 saturated carbocycles. The molecule has 0 spiro atoms. The van der Waals surface area contributed by atoms with Crippen molar-refractivity contribution >= 4 is 44.4 Å². The van der Waals surface area contributed by atoms with Gasteiger partial charge in [-0.2, -0.15) is 0 Å². The molecule has 3 rings (SSSR count). The first kappa shape index (κ1) is 20.7.